The molecule has 0 spiro atoms. The largest absolute Gasteiger partial charge is 0.473 e. The number of ether oxygens (including phenoxy) is 1. The number of benzene rings is 2. The molecule has 4 aromatic rings. The molecule has 0 unspecified atom stereocenters. The Morgan fingerprint density at radius 2 is 1.70 bits per heavy atom. The third kappa shape index (κ3) is 3.74. The molecule has 7 heteroatoms. The van der Waals surface area contributed by atoms with E-state index in [0.29, 0.717) is 11.6 Å². The number of pyridine rings is 1. The zero-order valence-electron chi connectivity index (χ0n) is 17.5. The highest BCUT2D eigenvalue weighted by atomic mass is 16.5. The maximum Gasteiger partial charge on any atom is 0.368 e. The molecule has 0 atom stereocenters. The second kappa shape index (κ2) is 7.94. The van der Waals surface area contributed by atoms with Crippen LogP contribution in [0.1, 0.15) is 22.3 Å². The monoisotopic (exact) mass is 401 g/mol. The number of hydrogen-bond donors (Lipinski definition) is 0. The molecule has 4 rings (SSSR count). The third-order valence-corrected chi connectivity index (χ3v) is 5.10. The van der Waals surface area contributed by atoms with Gasteiger partial charge in [0, 0.05) is 29.9 Å². The van der Waals surface area contributed by atoms with Crippen LogP contribution in [-0.4, -0.2) is 24.8 Å². The molecular formula is C23H23N5O2. The number of rotatable bonds is 5. The van der Waals surface area contributed by atoms with Crippen molar-refractivity contribution in [1.82, 2.24) is 24.8 Å². The summed E-state index contributed by atoms with van der Waals surface area (Å²) in [7, 11) is 1.57. The number of aromatic nitrogens is 5. The fourth-order valence-corrected chi connectivity index (χ4v) is 3.30. The first-order valence-corrected chi connectivity index (χ1v) is 9.68. The average Bonchev–Trinajstić information content (AvgIpc) is 3.07. The van der Waals surface area contributed by atoms with Crippen LogP contribution < -0.4 is 10.4 Å². The van der Waals surface area contributed by atoms with E-state index in [4.69, 9.17) is 4.74 Å². The minimum absolute atomic E-state index is 0.267. The highest BCUT2D eigenvalue weighted by molar-refractivity contribution is 5.64. The summed E-state index contributed by atoms with van der Waals surface area (Å²) in [5.74, 6) is 0.562. The molecule has 0 aliphatic rings. The number of aryl methyl sites for hydroxylation is 4. The first-order chi connectivity index (χ1) is 14.4. The van der Waals surface area contributed by atoms with Crippen molar-refractivity contribution in [1.29, 1.82) is 0 Å². The van der Waals surface area contributed by atoms with Crippen molar-refractivity contribution < 1.29 is 4.74 Å². The molecule has 2 aromatic carbocycles. The van der Waals surface area contributed by atoms with Crippen LogP contribution in [-0.2, 0) is 13.7 Å². The predicted octanol–water partition coefficient (Wildman–Crippen LogP) is 3.53. The predicted molar refractivity (Wildman–Crippen MR) is 115 cm³/mol. The molecule has 152 valence electrons. The number of hydrogen-bond acceptors (Lipinski definition) is 5. The van der Waals surface area contributed by atoms with Crippen LogP contribution in [0.2, 0.25) is 0 Å². The van der Waals surface area contributed by atoms with E-state index < -0.39 is 0 Å². The smallest absolute Gasteiger partial charge is 0.368 e. The van der Waals surface area contributed by atoms with Gasteiger partial charge in [0.1, 0.15) is 6.61 Å². The van der Waals surface area contributed by atoms with Crippen LogP contribution in [0, 0.1) is 20.8 Å². The fourth-order valence-electron chi connectivity index (χ4n) is 3.30. The van der Waals surface area contributed by atoms with Crippen molar-refractivity contribution in [2.24, 2.45) is 7.05 Å². The first-order valence-electron chi connectivity index (χ1n) is 9.68. The van der Waals surface area contributed by atoms with Gasteiger partial charge in [-0.25, -0.2) is 9.78 Å². The Hall–Kier alpha value is -3.74. The molecule has 0 aliphatic heterocycles. The minimum Gasteiger partial charge on any atom is -0.473 e. The molecule has 0 saturated carbocycles. The average molecular weight is 401 g/mol. The van der Waals surface area contributed by atoms with Gasteiger partial charge in [-0.15, -0.1) is 0 Å². The van der Waals surface area contributed by atoms with Gasteiger partial charge in [-0.05, 0) is 54.5 Å². The van der Waals surface area contributed by atoms with Crippen molar-refractivity contribution in [3.8, 4) is 22.7 Å². The molecule has 7 nitrogen and oxygen atoms in total. The zero-order chi connectivity index (χ0) is 21.3. The highest BCUT2D eigenvalue weighted by Gasteiger charge is 2.14. The Morgan fingerprint density at radius 1 is 0.933 bits per heavy atom. The molecule has 0 amide bonds. The van der Waals surface area contributed by atoms with E-state index in [1.165, 1.54) is 14.9 Å². The highest BCUT2D eigenvalue weighted by Crippen LogP contribution is 2.26. The van der Waals surface area contributed by atoms with E-state index in [9.17, 15) is 4.79 Å². The van der Waals surface area contributed by atoms with Crippen LogP contribution >= 0.6 is 0 Å². The summed E-state index contributed by atoms with van der Waals surface area (Å²) in [5.41, 5.74) is 6.54. The van der Waals surface area contributed by atoms with Gasteiger partial charge < -0.3 is 4.74 Å². The molecular weight excluding hydrogens is 378 g/mol. The summed E-state index contributed by atoms with van der Waals surface area (Å²) >= 11 is 0. The second-order valence-electron chi connectivity index (χ2n) is 7.37. The van der Waals surface area contributed by atoms with E-state index >= 15 is 0 Å². The maximum atomic E-state index is 12.3. The van der Waals surface area contributed by atoms with E-state index in [2.05, 4.69) is 52.7 Å². The van der Waals surface area contributed by atoms with E-state index in [0.717, 1.165) is 27.8 Å². The number of tetrazole rings is 1. The summed E-state index contributed by atoms with van der Waals surface area (Å²) in [5, 5.41) is 7.76. The molecule has 0 fully saturated rings. The summed E-state index contributed by atoms with van der Waals surface area (Å²) in [6, 6.07) is 16.1. The van der Waals surface area contributed by atoms with Crippen molar-refractivity contribution in [3.63, 3.8) is 0 Å². The lowest BCUT2D eigenvalue weighted by Gasteiger charge is -2.14. The lowest BCUT2D eigenvalue weighted by Crippen LogP contribution is -2.23. The third-order valence-electron chi connectivity index (χ3n) is 5.10. The lowest BCUT2D eigenvalue weighted by molar-refractivity contribution is 0.290. The Bertz CT molecular complexity index is 1260. The molecule has 2 aromatic heterocycles. The van der Waals surface area contributed by atoms with E-state index in [1.807, 2.05) is 38.2 Å². The molecule has 30 heavy (non-hydrogen) atoms. The maximum absolute atomic E-state index is 12.3. The van der Waals surface area contributed by atoms with Crippen molar-refractivity contribution in [2.45, 2.75) is 27.4 Å². The lowest BCUT2D eigenvalue weighted by atomic mass is 10.0. The van der Waals surface area contributed by atoms with Crippen molar-refractivity contribution in [3.05, 3.63) is 87.5 Å². The standard InChI is InChI=1S/C23H23N5O2/c1-15-8-10-18(11-9-15)19-12-17(3)22(24-13-19)30-14-20-16(2)6-5-7-21(20)28-23(29)27(4)25-26-28/h5-13H,14H2,1-4H3. The van der Waals surface area contributed by atoms with Crippen LogP contribution in [0.3, 0.4) is 0 Å². The Balaban J connectivity index is 1.60. The van der Waals surface area contributed by atoms with Gasteiger partial charge in [-0.3, -0.25) is 0 Å². The quantitative estimate of drug-likeness (QED) is 0.511. The topological polar surface area (TPSA) is 74.8 Å². The molecule has 0 saturated heterocycles. The van der Waals surface area contributed by atoms with Crippen LogP contribution in [0.5, 0.6) is 5.88 Å². The van der Waals surface area contributed by atoms with Crippen LogP contribution in [0.4, 0.5) is 0 Å². The minimum atomic E-state index is -0.307. The van der Waals surface area contributed by atoms with Crippen LogP contribution in [0.15, 0.2) is 59.5 Å². The molecule has 0 N–H and O–H groups in total. The Labute approximate surface area is 174 Å². The Kier molecular flexibility index (Phi) is 5.18. The van der Waals surface area contributed by atoms with Gasteiger partial charge in [-0.1, -0.05) is 42.0 Å². The van der Waals surface area contributed by atoms with Gasteiger partial charge in [0.15, 0.2) is 0 Å². The molecule has 0 radical (unpaired) electrons. The van der Waals surface area contributed by atoms with Gasteiger partial charge >= 0.3 is 5.69 Å². The number of nitrogens with zero attached hydrogens (tertiary/aromatic N) is 5. The SMILES string of the molecule is Cc1ccc(-c2cnc(OCc3c(C)cccc3-n3nnn(C)c3=O)c(C)c2)cc1. The van der Waals surface area contributed by atoms with Crippen LogP contribution in [0.25, 0.3) is 16.8 Å². The first kappa shape index (κ1) is 19.6. The second-order valence-corrected chi connectivity index (χ2v) is 7.37. The van der Waals surface area contributed by atoms with Gasteiger partial charge in [0.2, 0.25) is 5.88 Å². The van der Waals surface area contributed by atoms with E-state index in [-0.39, 0.29) is 12.3 Å². The summed E-state index contributed by atoms with van der Waals surface area (Å²) in [6.45, 7) is 6.29. The Morgan fingerprint density at radius 3 is 2.37 bits per heavy atom. The molecule has 0 bridgehead atoms. The van der Waals surface area contributed by atoms with E-state index in [1.54, 1.807) is 7.05 Å². The summed E-state index contributed by atoms with van der Waals surface area (Å²) < 4.78 is 8.52. The van der Waals surface area contributed by atoms with Crippen molar-refractivity contribution >= 4 is 0 Å². The summed E-state index contributed by atoms with van der Waals surface area (Å²) in [6.07, 6.45) is 1.82. The summed E-state index contributed by atoms with van der Waals surface area (Å²) in [4.78, 5) is 16.8. The normalized spacial score (nSPS) is 10.9. The zero-order valence-corrected chi connectivity index (χ0v) is 17.5. The molecule has 2 heterocycles. The van der Waals surface area contributed by atoms with Gasteiger partial charge in [0.25, 0.3) is 0 Å². The molecule has 0 aliphatic carbocycles. The fraction of sp³-hybridized carbons (Fsp3) is 0.217. The van der Waals surface area contributed by atoms with Crippen molar-refractivity contribution in [2.75, 3.05) is 0 Å². The van der Waals surface area contributed by atoms with Gasteiger partial charge in [-0.2, -0.15) is 9.36 Å². The van der Waals surface area contributed by atoms with Gasteiger partial charge in [0.05, 0.1) is 5.69 Å².